The second-order valence-corrected chi connectivity index (χ2v) is 10.0. The van der Waals surface area contributed by atoms with Crippen LogP contribution in [0.2, 0.25) is 0 Å². The molecule has 0 saturated carbocycles. The van der Waals surface area contributed by atoms with E-state index in [-0.39, 0.29) is 25.5 Å². The molecule has 1 N–H and O–H groups in total. The average Bonchev–Trinajstić information content (AvgIpc) is 3.06. The molecule has 0 amide bonds. The first-order valence-electron chi connectivity index (χ1n) is 14.1. The summed E-state index contributed by atoms with van der Waals surface area (Å²) in [6, 6.07) is 46.5. The summed E-state index contributed by atoms with van der Waals surface area (Å²) in [6.45, 7) is 1.12. The number of hydrogen-bond acceptors (Lipinski definition) is 5. The van der Waals surface area contributed by atoms with Gasteiger partial charge in [0.2, 0.25) is 0 Å². The molecule has 5 aromatic carbocycles. The zero-order valence-corrected chi connectivity index (χ0v) is 24.1. The van der Waals surface area contributed by atoms with Gasteiger partial charge in [-0.05, 0) is 57.6 Å². The molecular weight excluding hydrogens is 522 g/mol. The van der Waals surface area contributed by atoms with Crippen LogP contribution in [0.15, 0.2) is 133 Å². The lowest BCUT2D eigenvalue weighted by atomic mass is 9.82. The summed E-state index contributed by atoms with van der Waals surface area (Å²) in [7, 11) is 3.24. The zero-order valence-electron chi connectivity index (χ0n) is 24.1. The normalized spacial score (nSPS) is 11.1. The van der Waals surface area contributed by atoms with Crippen LogP contribution in [0.3, 0.4) is 0 Å². The van der Waals surface area contributed by atoms with Crippen LogP contribution < -0.4 is 14.8 Å². The molecule has 0 aliphatic heterocycles. The quantitative estimate of drug-likeness (QED) is 0.112. The van der Waals surface area contributed by atoms with E-state index < -0.39 is 0 Å². The van der Waals surface area contributed by atoms with Gasteiger partial charge in [0.25, 0.3) is 0 Å². The highest BCUT2D eigenvalue weighted by Crippen LogP contribution is 2.36. The monoisotopic (exact) mass is 559 g/mol. The maximum absolute atomic E-state index is 5.67. The van der Waals surface area contributed by atoms with Gasteiger partial charge in [-0.3, -0.25) is 0 Å². The molecule has 42 heavy (non-hydrogen) atoms. The van der Waals surface area contributed by atoms with Crippen molar-refractivity contribution in [2.24, 2.45) is 0 Å². The van der Waals surface area contributed by atoms with Gasteiger partial charge in [0, 0.05) is 26.7 Å². The highest BCUT2D eigenvalue weighted by Gasteiger charge is 2.21. The Kier molecular flexibility index (Phi) is 10.4. The van der Waals surface area contributed by atoms with Gasteiger partial charge in [-0.1, -0.05) is 109 Å². The third kappa shape index (κ3) is 7.45. The van der Waals surface area contributed by atoms with E-state index in [0.29, 0.717) is 6.54 Å². The van der Waals surface area contributed by atoms with Gasteiger partial charge in [-0.2, -0.15) is 0 Å². The van der Waals surface area contributed by atoms with Crippen LogP contribution in [-0.4, -0.2) is 27.8 Å². The largest absolute Gasteiger partial charge is 0.468 e. The Morgan fingerprint density at radius 2 is 0.952 bits per heavy atom. The number of rotatable bonds is 14. The van der Waals surface area contributed by atoms with E-state index in [4.69, 9.17) is 18.9 Å². The summed E-state index contributed by atoms with van der Waals surface area (Å²) >= 11 is 0. The maximum atomic E-state index is 5.67. The molecule has 0 fully saturated rings. The van der Waals surface area contributed by atoms with E-state index in [1.54, 1.807) is 14.2 Å². The first-order chi connectivity index (χ1) is 20.8. The highest BCUT2D eigenvalue weighted by atomic mass is 16.7. The van der Waals surface area contributed by atoms with Crippen LogP contribution in [0.5, 0.6) is 11.5 Å². The van der Waals surface area contributed by atoms with Crippen LogP contribution in [0.25, 0.3) is 0 Å². The van der Waals surface area contributed by atoms with Crippen LogP contribution in [0.1, 0.15) is 45.3 Å². The third-order valence-corrected chi connectivity index (χ3v) is 7.24. The van der Waals surface area contributed by atoms with Gasteiger partial charge < -0.3 is 24.3 Å². The summed E-state index contributed by atoms with van der Waals surface area (Å²) in [6.07, 6.45) is 0. The van der Waals surface area contributed by atoms with Crippen molar-refractivity contribution in [3.05, 3.63) is 167 Å². The van der Waals surface area contributed by atoms with Crippen molar-refractivity contribution in [2.75, 3.05) is 27.8 Å². The summed E-state index contributed by atoms with van der Waals surface area (Å²) < 4.78 is 21.5. The first-order valence-corrected chi connectivity index (χ1v) is 14.1. The van der Waals surface area contributed by atoms with Crippen LogP contribution >= 0.6 is 0 Å². The van der Waals surface area contributed by atoms with Gasteiger partial charge >= 0.3 is 0 Å². The molecule has 0 spiro atoms. The van der Waals surface area contributed by atoms with E-state index in [2.05, 4.69) is 115 Å². The second kappa shape index (κ2) is 15.0. The summed E-state index contributed by atoms with van der Waals surface area (Å²) in [5.41, 5.74) is 7.27. The molecule has 5 rings (SSSR count). The van der Waals surface area contributed by atoms with E-state index in [1.165, 1.54) is 33.4 Å². The van der Waals surface area contributed by atoms with Crippen molar-refractivity contribution in [2.45, 2.75) is 18.5 Å². The van der Waals surface area contributed by atoms with E-state index in [0.717, 1.165) is 11.5 Å². The first kappa shape index (κ1) is 29.1. The van der Waals surface area contributed by atoms with Crippen molar-refractivity contribution in [1.82, 2.24) is 5.32 Å². The number of hydrogen-bond donors (Lipinski definition) is 1. The molecular formula is C37H37NO4. The maximum Gasteiger partial charge on any atom is 0.188 e. The standard InChI is InChI=1S/C37H37NO4/c1-39-26-41-33-21-17-28(18-22-33)36(29-19-23-34(24-20-29)42-27-40-2)35-16-10-9-15-32(35)25-38-37(30-11-5-3-6-12-30)31-13-7-4-8-14-31/h3-24,36-38H,25-27H2,1-2H3. The zero-order chi connectivity index (χ0) is 29.0. The fourth-order valence-corrected chi connectivity index (χ4v) is 5.23. The number of nitrogens with one attached hydrogen (secondary N) is 1. The Morgan fingerprint density at radius 3 is 1.43 bits per heavy atom. The van der Waals surface area contributed by atoms with Gasteiger partial charge in [0.05, 0.1) is 6.04 Å². The van der Waals surface area contributed by atoms with Crippen molar-refractivity contribution in [1.29, 1.82) is 0 Å². The van der Waals surface area contributed by atoms with E-state index in [9.17, 15) is 0 Å². The number of benzene rings is 5. The van der Waals surface area contributed by atoms with Crippen LogP contribution in [0, 0.1) is 0 Å². The van der Waals surface area contributed by atoms with Crippen LogP contribution in [0.4, 0.5) is 0 Å². The molecule has 0 atom stereocenters. The summed E-state index contributed by atoms with van der Waals surface area (Å²) in [5, 5.41) is 3.86. The fraction of sp³-hybridized carbons (Fsp3) is 0.189. The SMILES string of the molecule is COCOc1ccc(C(c2ccc(OCOC)cc2)c2ccccc2CNC(c2ccccc2)c2ccccc2)cc1. The van der Waals surface area contributed by atoms with Crippen LogP contribution in [-0.2, 0) is 16.0 Å². The molecule has 0 aliphatic rings. The molecule has 5 aromatic rings. The topological polar surface area (TPSA) is 49.0 Å². The predicted octanol–water partition coefficient (Wildman–Crippen LogP) is 7.71. The summed E-state index contributed by atoms with van der Waals surface area (Å²) in [4.78, 5) is 0. The Hall–Kier alpha value is -4.42. The highest BCUT2D eigenvalue weighted by molar-refractivity contribution is 5.48. The minimum atomic E-state index is 0.00264. The minimum absolute atomic E-state index is 0.00264. The molecule has 5 heteroatoms. The molecule has 5 nitrogen and oxygen atoms in total. The molecule has 0 aliphatic carbocycles. The van der Waals surface area contributed by atoms with Crippen molar-refractivity contribution < 1.29 is 18.9 Å². The Labute approximate surface area is 248 Å². The van der Waals surface area contributed by atoms with Gasteiger partial charge in [0.1, 0.15) is 11.5 Å². The predicted molar refractivity (Wildman–Crippen MR) is 167 cm³/mol. The molecule has 0 unspecified atom stereocenters. The van der Waals surface area contributed by atoms with E-state index in [1.807, 2.05) is 24.3 Å². The Bertz CT molecular complexity index is 1400. The molecule has 0 heterocycles. The van der Waals surface area contributed by atoms with Crippen molar-refractivity contribution >= 4 is 0 Å². The number of methoxy groups -OCH3 is 2. The average molecular weight is 560 g/mol. The van der Waals surface area contributed by atoms with Gasteiger partial charge in [-0.25, -0.2) is 0 Å². The Morgan fingerprint density at radius 1 is 0.500 bits per heavy atom. The lowest BCUT2D eigenvalue weighted by Crippen LogP contribution is -2.23. The smallest absolute Gasteiger partial charge is 0.188 e. The molecule has 214 valence electrons. The molecule has 0 aromatic heterocycles. The Balaban J connectivity index is 1.49. The lowest BCUT2D eigenvalue weighted by Gasteiger charge is -2.25. The lowest BCUT2D eigenvalue weighted by molar-refractivity contribution is 0.0509. The van der Waals surface area contributed by atoms with Crippen molar-refractivity contribution in [3.8, 4) is 11.5 Å². The second-order valence-electron chi connectivity index (χ2n) is 10.0. The van der Waals surface area contributed by atoms with Gasteiger partial charge in [-0.15, -0.1) is 0 Å². The molecule has 0 saturated heterocycles. The van der Waals surface area contributed by atoms with Crippen molar-refractivity contribution in [3.63, 3.8) is 0 Å². The molecule has 0 bridgehead atoms. The fourth-order valence-electron chi connectivity index (χ4n) is 5.23. The van der Waals surface area contributed by atoms with E-state index >= 15 is 0 Å². The number of ether oxygens (including phenoxy) is 4. The third-order valence-electron chi connectivity index (χ3n) is 7.24. The minimum Gasteiger partial charge on any atom is -0.468 e. The van der Waals surface area contributed by atoms with Gasteiger partial charge in [0.15, 0.2) is 13.6 Å². The molecule has 0 radical (unpaired) electrons. The summed E-state index contributed by atoms with van der Waals surface area (Å²) in [5.74, 6) is 1.54.